The Morgan fingerprint density at radius 3 is 2.50 bits per heavy atom. The third kappa shape index (κ3) is 5.67. The summed E-state index contributed by atoms with van der Waals surface area (Å²) in [7, 11) is 1.61. The molecule has 0 saturated carbocycles. The highest BCUT2D eigenvalue weighted by Gasteiger charge is 2.13. The van der Waals surface area contributed by atoms with E-state index in [0.29, 0.717) is 6.54 Å². The first-order valence-corrected chi connectivity index (χ1v) is 8.46. The number of benzene rings is 2. The molecule has 0 fully saturated rings. The maximum atomic E-state index is 12.3. The first-order valence-electron chi connectivity index (χ1n) is 8.46. The predicted octanol–water partition coefficient (Wildman–Crippen LogP) is 3.11. The molecular formula is C21H23N3O2. The number of nitrogens with zero attached hydrogens (tertiary/aromatic N) is 1. The summed E-state index contributed by atoms with van der Waals surface area (Å²) in [6.07, 6.45) is 2.29. The number of amides is 1. The van der Waals surface area contributed by atoms with Gasteiger partial charge in [0.25, 0.3) is 5.91 Å². The minimum absolute atomic E-state index is 0.0541. The fourth-order valence-electron chi connectivity index (χ4n) is 2.43. The van der Waals surface area contributed by atoms with Crippen molar-refractivity contribution < 1.29 is 9.53 Å². The monoisotopic (exact) mass is 349 g/mol. The SMILES string of the molecule is COc1ccc(C(C)NC(=O)/C(C#N)=C\NCCc2ccccc2)cc1. The van der Waals surface area contributed by atoms with Crippen molar-refractivity contribution in [3.63, 3.8) is 0 Å². The van der Waals surface area contributed by atoms with Crippen LogP contribution in [0, 0.1) is 11.3 Å². The average Bonchev–Trinajstić information content (AvgIpc) is 2.68. The fourth-order valence-corrected chi connectivity index (χ4v) is 2.43. The Balaban J connectivity index is 1.87. The lowest BCUT2D eigenvalue weighted by Crippen LogP contribution is -2.28. The largest absolute Gasteiger partial charge is 0.497 e. The van der Waals surface area contributed by atoms with Gasteiger partial charge in [-0.2, -0.15) is 5.26 Å². The predicted molar refractivity (Wildman–Crippen MR) is 101 cm³/mol. The second kappa shape index (κ2) is 9.90. The molecule has 5 nitrogen and oxygen atoms in total. The Bertz CT molecular complexity index is 777. The van der Waals surface area contributed by atoms with Crippen molar-refractivity contribution in [1.29, 1.82) is 5.26 Å². The topological polar surface area (TPSA) is 74.1 Å². The number of methoxy groups -OCH3 is 1. The van der Waals surface area contributed by atoms with Crippen LogP contribution in [0.4, 0.5) is 0 Å². The normalized spacial score (nSPS) is 12.0. The molecule has 0 aliphatic carbocycles. The molecule has 5 heteroatoms. The van der Waals surface area contributed by atoms with E-state index in [4.69, 9.17) is 4.74 Å². The van der Waals surface area contributed by atoms with Gasteiger partial charge in [0.15, 0.2) is 0 Å². The van der Waals surface area contributed by atoms with Gasteiger partial charge in [0, 0.05) is 12.7 Å². The highest BCUT2D eigenvalue weighted by atomic mass is 16.5. The second-order valence-corrected chi connectivity index (χ2v) is 5.83. The van der Waals surface area contributed by atoms with Crippen LogP contribution in [0.3, 0.4) is 0 Å². The van der Waals surface area contributed by atoms with Crippen molar-refractivity contribution >= 4 is 5.91 Å². The molecule has 0 aliphatic heterocycles. The van der Waals surface area contributed by atoms with Gasteiger partial charge in [0.05, 0.1) is 13.2 Å². The Morgan fingerprint density at radius 2 is 1.88 bits per heavy atom. The molecule has 1 atom stereocenters. The first-order chi connectivity index (χ1) is 12.6. The van der Waals surface area contributed by atoms with E-state index in [2.05, 4.69) is 10.6 Å². The van der Waals surface area contributed by atoms with Gasteiger partial charge in [-0.25, -0.2) is 0 Å². The highest BCUT2D eigenvalue weighted by Crippen LogP contribution is 2.17. The van der Waals surface area contributed by atoms with Gasteiger partial charge in [-0.1, -0.05) is 42.5 Å². The summed E-state index contributed by atoms with van der Waals surface area (Å²) in [6.45, 7) is 2.52. The summed E-state index contributed by atoms with van der Waals surface area (Å²) in [5, 5.41) is 15.1. The molecule has 2 aromatic rings. The van der Waals surface area contributed by atoms with Gasteiger partial charge in [0.2, 0.25) is 0 Å². The van der Waals surface area contributed by atoms with Crippen LogP contribution in [0.25, 0.3) is 0 Å². The van der Waals surface area contributed by atoms with E-state index in [0.717, 1.165) is 17.7 Å². The lowest BCUT2D eigenvalue weighted by atomic mass is 10.1. The molecule has 0 aromatic heterocycles. The molecule has 0 radical (unpaired) electrons. The van der Waals surface area contributed by atoms with E-state index >= 15 is 0 Å². The number of hydrogen-bond donors (Lipinski definition) is 2. The molecule has 2 rings (SSSR count). The van der Waals surface area contributed by atoms with Crippen LogP contribution in [0.5, 0.6) is 5.75 Å². The van der Waals surface area contributed by atoms with Gasteiger partial charge >= 0.3 is 0 Å². The van der Waals surface area contributed by atoms with E-state index < -0.39 is 5.91 Å². The summed E-state index contributed by atoms with van der Waals surface area (Å²) >= 11 is 0. The highest BCUT2D eigenvalue weighted by molar-refractivity contribution is 5.97. The number of carbonyl (C=O) groups is 1. The van der Waals surface area contributed by atoms with Gasteiger partial charge in [-0.3, -0.25) is 4.79 Å². The van der Waals surface area contributed by atoms with Gasteiger partial charge < -0.3 is 15.4 Å². The standard InChI is InChI=1S/C21H23N3O2/c1-16(18-8-10-20(26-2)11-9-18)24-21(25)19(14-22)15-23-13-12-17-6-4-3-5-7-17/h3-11,15-16,23H,12-13H2,1-2H3,(H,24,25)/b19-15-. The zero-order chi connectivity index (χ0) is 18.8. The maximum absolute atomic E-state index is 12.3. The molecule has 0 bridgehead atoms. The lowest BCUT2D eigenvalue weighted by molar-refractivity contribution is -0.117. The van der Waals surface area contributed by atoms with Gasteiger partial charge in [-0.05, 0) is 36.6 Å². The van der Waals surface area contributed by atoms with Crippen molar-refractivity contribution in [1.82, 2.24) is 10.6 Å². The Kier molecular flexibility index (Phi) is 7.26. The van der Waals surface area contributed by atoms with E-state index in [1.165, 1.54) is 11.8 Å². The Labute approximate surface area is 154 Å². The zero-order valence-corrected chi connectivity index (χ0v) is 15.0. The zero-order valence-electron chi connectivity index (χ0n) is 15.0. The smallest absolute Gasteiger partial charge is 0.263 e. The molecule has 26 heavy (non-hydrogen) atoms. The number of carbonyl (C=O) groups excluding carboxylic acids is 1. The van der Waals surface area contributed by atoms with E-state index in [1.807, 2.05) is 67.6 Å². The van der Waals surface area contributed by atoms with Crippen molar-refractivity contribution in [3.8, 4) is 11.8 Å². The third-order valence-corrected chi connectivity index (χ3v) is 3.98. The Hall–Kier alpha value is -3.26. The minimum atomic E-state index is -0.400. The molecule has 0 heterocycles. The van der Waals surface area contributed by atoms with E-state index in [9.17, 15) is 10.1 Å². The Morgan fingerprint density at radius 1 is 1.19 bits per heavy atom. The summed E-state index contributed by atoms with van der Waals surface area (Å²) in [6, 6.07) is 19.2. The van der Waals surface area contributed by atoms with E-state index in [1.54, 1.807) is 7.11 Å². The van der Waals surface area contributed by atoms with Crippen LogP contribution in [0.1, 0.15) is 24.1 Å². The molecule has 0 saturated heterocycles. The number of rotatable bonds is 8. The van der Waals surface area contributed by atoms with Crippen molar-refractivity contribution in [2.75, 3.05) is 13.7 Å². The molecule has 2 aromatic carbocycles. The van der Waals surface area contributed by atoms with Crippen LogP contribution >= 0.6 is 0 Å². The molecule has 0 aliphatic rings. The molecular weight excluding hydrogens is 326 g/mol. The van der Waals surface area contributed by atoms with Crippen molar-refractivity contribution in [2.45, 2.75) is 19.4 Å². The quantitative estimate of drug-likeness (QED) is 0.436. The average molecular weight is 349 g/mol. The second-order valence-electron chi connectivity index (χ2n) is 5.83. The first kappa shape index (κ1) is 19.1. The van der Waals surface area contributed by atoms with Gasteiger partial charge in [0.1, 0.15) is 17.4 Å². The molecule has 134 valence electrons. The summed E-state index contributed by atoms with van der Waals surface area (Å²) in [4.78, 5) is 12.3. The van der Waals surface area contributed by atoms with Gasteiger partial charge in [-0.15, -0.1) is 0 Å². The minimum Gasteiger partial charge on any atom is -0.497 e. The number of ether oxygens (including phenoxy) is 1. The molecule has 1 unspecified atom stereocenters. The lowest BCUT2D eigenvalue weighted by Gasteiger charge is -2.14. The van der Waals surface area contributed by atoms with Crippen LogP contribution in [-0.4, -0.2) is 19.6 Å². The van der Waals surface area contributed by atoms with Crippen LogP contribution in [0.15, 0.2) is 66.4 Å². The van der Waals surface area contributed by atoms with Crippen molar-refractivity contribution in [2.24, 2.45) is 0 Å². The third-order valence-electron chi connectivity index (χ3n) is 3.98. The van der Waals surface area contributed by atoms with E-state index in [-0.39, 0.29) is 11.6 Å². The fraction of sp³-hybridized carbons (Fsp3) is 0.238. The molecule has 1 amide bonds. The molecule has 0 spiro atoms. The van der Waals surface area contributed by atoms with Crippen LogP contribution < -0.4 is 15.4 Å². The van der Waals surface area contributed by atoms with Crippen molar-refractivity contribution in [3.05, 3.63) is 77.5 Å². The number of nitrogens with one attached hydrogen (secondary N) is 2. The summed E-state index contributed by atoms with van der Waals surface area (Å²) < 4.78 is 5.12. The summed E-state index contributed by atoms with van der Waals surface area (Å²) in [5.74, 6) is 0.357. The number of hydrogen-bond acceptors (Lipinski definition) is 4. The van der Waals surface area contributed by atoms with Crippen LogP contribution in [-0.2, 0) is 11.2 Å². The number of nitriles is 1. The summed E-state index contributed by atoms with van der Waals surface area (Å²) in [5.41, 5.74) is 2.19. The molecule has 2 N–H and O–H groups in total. The van der Waals surface area contributed by atoms with Crippen LogP contribution in [0.2, 0.25) is 0 Å². The maximum Gasteiger partial charge on any atom is 0.263 e.